The van der Waals surface area contributed by atoms with Crippen molar-refractivity contribution < 1.29 is 9.53 Å². The highest BCUT2D eigenvalue weighted by Gasteiger charge is 2.18. The zero-order valence-electron chi connectivity index (χ0n) is 14.5. The topological polar surface area (TPSA) is 84.1 Å². The third kappa shape index (κ3) is 3.66. The molecule has 6 nitrogen and oxygen atoms in total. The van der Waals surface area contributed by atoms with Crippen molar-refractivity contribution in [1.82, 2.24) is 10.2 Å². The minimum Gasteiger partial charge on any atom is -0.489 e. The van der Waals surface area contributed by atoms with Crippen LogP contribution < -0.4 is 15.6 Å². The van der Waals surface area contributed by atoms with Gasteiger partial charge in [-0.2, -0.15) is 5.10 Å². The fourth-order valence-corrected chi connectivity index (χ4v) is 3.56. The van der Waals surface area contributed by atoms with Crippen molar-refractivity contribution in [2.45, 2.75) is 31.8 Å². The van der Waals surface area contributed by atoms with Crippen molar-refractivity contribution in [3.05, 3.63) is 63.5 Å². The second kappa shape index (κ2) is 7.40. The van der Waals surface area contributed by atoms with E-state index >= 15 is 0 Å². The molecule has 0 radical (unpaired) electrons. The first kappa shape index (κ1) is 17.5. The van der Waals surface area contributed by atoms with E-state index in [2.05, 4.69) is 15.5 Å². The number of hydrogen-bond acceptors (Lipinski definition) is 4. The van der Waals surface area contributed by atoms with Gasteiger partial charge >= 0.3 is 0 Å². The van der Waals surface area contributed by atoms with Crippen LogP contribution in [0.4, 0.5) is 5.69 Å². The summed E-state index contributed by atoms with van der Waals surface area (Å²) in [6.45, 7) is 0. The third-order valence-corrected chi connectivity index (χ3v) is 4.99. The maximum atomic E-state index is 12.6. The molecule has 1 aliphatic rings. The fourth-order valence-electron chi connectivity index (χ4n) is 3.34. The molecule has 1 aromatic heterocycles. The minimum absolute atomic E-state index is 0.146. The predicted octanol–water partition coefficient (Wildman–Crippen LogP) is 4.15. The molecule has 1 saturated carbocycles. The van der Waals surface area contributed by atoms with Crippen molar-refractivity contribution in [2.75, 3.05) is 5.32 Å². The lowest BCUT2D eigenvalue weighted by atomic mass is 10.1. The van der Waals surface area contributed by atoms with Crippen LogP contribution in [0.1, 0.15) is 36.2 Å². The van der Waals surface area contributed by atoms with Gasteiger partial charge in [0, 0.05) is 11.1 Å². The predicted molar refractivity (Wildman–Crippen MR) is 105 cm³/mol. The van der Waals surface area contributed by atoms with Gasteiger partial charge in [0.1, 0.15) is 5.75 Å². The zero-order valence-corrected chi connectivity index (χ0v) is 15.3. The van der Waals surface area contributed by atoms with E-state index in [0.29, 0.717) is 27.2 Å². The summed E-state index contributed by atoms with van der Waals surface area (Å²) in [6, 6.07) is 12.0. The molecule has 2 aromatic carbocycles. The average Bonchev–Trinajstić information content (AvgIpc) is 3.17. The Morgan fingerprint density at radius 1 is 1.15 bits per heavy atom. The summed E-state index contributed by atoms with van der Waals surface area (Å²) in [6.07, 6.45) is 4.65. The molecule has 0 unspecified atom stereocenters. The van der Waals surface area contributed by atoms with Gasteiger partial charge in [-0.1, -0.05) is 29.8 Å². The number of nitrogens with zero attached hydrogens (tertiary/aromatic N) is 1. The lowest BCUT2D eigenvalue weighted by Gasteiger charge is -2.15. The van der Waals surface area contributed by atoms with Crippen LogP contribution in [0.2, 0.25) is 5.02 Å². The maximum absolute atomic E-state index is 12.6. The van der Waals surface area contributed by atoms with Crippen LogP contribution in [0.3, 0.4) is 0 Å². The van der Waals surface area contributed by atoms with Crippen LogP contribution in [-0.4, -0.2) is 22.2 Å². The molecule has 1 heterocycles. The van der Waals surface area contributed by atoms with Gasteiger partial charge in [-0.05, 0) is 49.9 Å². The van der Waals surface area contributed by atoms with Gasteiger partial charge in [0.15, 0.2) is 5.69 Å². The van der Waals surface area contributed by atoms with Crippen LogP contribution in [0.15, 0.2) is 47.3 Å². The monoisotopic (exact) mass is 383 g/mol. The normalized spacial score (nSPS) is 14.4. The van der Waals surface area contributed by atoms with Crippen LogP contribution in [0, 0.1) is 0 Å². The second-order valence-corrected chi connectivity index (χ2v) is 6.98. The van der Waals surface area contributed by atoms with E-state index < -0.39 is 5.91 Å². The van der Waals surface area contributed by atoms with Crippen molar-refractivity contribution in [3.8, 4) is 5.75 Å². The average molecular weight is 384 g/mol. The number of amides is 1. The minimum atomic E-state index is -0.428. The number of H-pyrrole nitrogens is 1. The molecule has 138 valence electrons. The van der Waals surface area contributed by atoms with Gasteiger partial charge in [0.25, 0.3) is 11.5 Å². The Morgan fingerprint density at radius 2 is 1.89 bits per heavy atom. The van der Waals surface area contributed by atoms with Gasteiger partial charge in [0.2, 0.25) is 0 Å². The van der Waals surface area contributed by atoms with Crippen LogP contribution >= 0.6 is 11.6 Å². The smallest absolute Gasteiger partial charge is 0.276 e. The van der Waals surface area contributed by atoms with E-state index in [9.17, 15) is 9.59 Å². The molecule has 1 fully saturated rings. The van der Waals surface area contributed by atoms with E-state index in [4.69, 9.17) is 16.3 Å². The van der Waals surface area contributed by atoms with E-state index in [1.165, 1.54) is 12.8 Å². The molecule has 3 aromatic rings. The number of aromatic nitrogens is 2. The van der Waals surface area contributed by atoms with Gasteiger partial charge < -0.3 is 10.1 Å². The fraction of sp³-hybridized carbons (Fsp3) is 0.250. The summed E-state index contributed by atoms with van der Waals surface area (Å²) >= 11 is 6.31. The number of anilines is 1. The van der Waals surface area contributed by atoms with Gasteiger partial charge in [-0.25, -0.2) is 5.10 Å². The molecule has 7 heteroatoms. The molecule has 1 aliphatic carbocycles. The van der Waals surface area contributed by atoms with Crippen molar-refractivity contribution >= 4 is 34.0 Å². The lowest BCUT2D eigenvalue weighted by Crippen LogP contribution is -2.19. The standard InChI is InChI=1S/C20H18ClN3O3/c21-16-11-12(9-10-17(16)27-13-5-1-2-6-13)22-20(26)18-14-7-3-4-8-15(14)19(25)24-23-18/h3-4,7-11,13H,1-2,5-6H2,(H,22,26)(H,24,25). The Bertz CT molecular complexity index is 1060. The number of ether oxygens (including phenoxy) is 1. The molecule has 0 saturated heterocycles. The van der Waals surface area contributed by atoms with E-state index in [1.54, 1.807) is 42.5 Å². The third-order valence-electron chi connectivity index (χ3n) is 4.70. The van der Waals surface area contributed by atoms with E-state index in [1.807, 2.05) is 0 Å². The summed E-state index contributed by atoms with van der Waals surface area (Å²) in [5.41, 5.74) is 0.340. The molecule has 0 atom stereocenters. The van der Waals surface area contributed by atoms with Gasteiger partial charge in [0.05, 0.1) is 16.5 Å². The van der Waals surface area contributed by atoms with Crippen molar-refractivity contribution in [2.24, 2.45) is 0 Å². The number of hydrogen-bond donors (Lipinski definition) is 2. The number of carbonyl (C=O) groups excluding carboxylic acids is 1. The summed E-state index contributed by atoms with van der Waals surface area (Å²) in [5, 5.41) is 10.4. The Kier molecular flexibility index (Phi) is 4.81. The first-order valence-corrected chi connectivity index (χ1v) is 9.24. The zero-order chi connectivity index (χ0) is 18.8. The van der Waals surface area contributed by atoms with Gasteiger partial charge in [-0.15, -0.1) is 0 Å². The Hall–Kier alpha value is -2.86. The molecule has 4 rings (SSSR count). The maximum Gasteiger partial charge on any atom is 0.276 e. The SMILES string of the molecule is O=C(Nc1ccc(OC2CCCC2)c(Cl)c1)c1n[nH]c(=O)c2ccccc12. The largest absolute Gasteiger partial charge is 0.489 e. The number of carbonyl (C=O) groups is 1. The number of fused-ring (bicyclic) bond motifs is 1. The van der Waals surface area contributed by atoms with E-state index in [-0.39, 0.29) is 17.4 Å². The molecule has 2 N–H and O–H groups in total. The highest BCUT2D eigenvalue weighted by atomic mass is 35.5. The van der Waals surface area contributed by atoms with Crippen LogP contribution in [0.25, 0.3) is 10.8 Å². The van der Waals surface area contributed by atoms with Crippen LogP contribution in [-0.2, 0) is 0 Å². The summed E-state index contributed by atoms with van der Waals surface area (Å²) in [7, 11) is 0. The quantitative estimate of drug-likeness (QED) is 0.708. The number of benzene rings is 2. The summed E-state index contributed by atoms with van der Waals surface area (Å²) < 4.78 is 5.92. The van der Waals surface area contributed by atoms with Gasteiger partial charge in [-0.3, -0.25) is 9.59 Å². The highest BCUT2D eigenvalue weighted by molar-refractivity contribution is 6.32. The summed E-state index contributed by atoms with van der Waals surface area (Å²) in [4.78, 5) is 24.5. The van der Waals surface area contributed by atoms with E-state index in [0.717, 1.165) is 12.8 Å². The Balaban J connectivity index is 1.56. The highest BCUT2D eigenvalue weighted by Crippen LogP contribution is 2.32. The molecule has 0 spiro atoms. The number of nitrogens with one attached hydrogen (secondary N) is 2. The number of halogens is 1. The van der Waals surface area contributed by atoms with Crippen LogP contribution in [0.5, 0.6) is 5.75 Å². The molecule has 0 aliphatic heterocycles. The molecule has 1 amide bonds. The summed E-state index contributed by atoms with van der Waals surface area (Å²) in [5.74, 6) is 0.192. The van der Waals surface area contributed by atoms with Crippen molar-refractivity contribution in [1.29, 1.82) is 0 Å². The molecule has 27 heavy (non-hydrogen) atoms. The second-order valence-electron chi connectivity index (χ2n) is 6.57. The Morgan fingerprint density at radius 3 is 2.63 bits per heavy atom. The molecular weight excluding hydrogens is 366 g/mol. The molecular formula is C20H18ClN3O3. The number of rotatable bonds is 4. The molecule has 0 bridgehead atoms. The lowest BCUT2D eigenvalue weighted by molar-refractivity contribution is 0.102. The first-order valence-electron chi connectivity index (χ1n) is 8.87. The number of aromatic amines is 1. The Labute approximate surface area is 160 Å². The van der Waals surface area contributed by atoms with Crippen molar-refractivity contribution in [3.63, 3.8) is 0 Å². The first-order chi connectivity index (χ1) is 13.1.